The summed E-state index contributed by atoms with van der Waals surface area (Å²) >= 11 is 12.1. The molecule has 1 aromatic carbocycles. The van der Waals surface area contributed by atoms with E-state index >= 15 is 0 Å². The van der Waals surface area contributed by atoms with Crippen molar-refractivity contribution in [1.29, 1.82) is 0 Å². The number of H-pyrrole nitrogens is 1. The van der Waals surface area contributed by atoms with Crippen LogP contribution in [-0.2, 0) is 33.3 Å². The Morgan fingerprint density at radius 1 is 1.03 bits per heavy atom. The van der Waals surface area contributed by atoms with E-state index in [2.05, 4.69) is 4.98 Å². The third-order valence-corrected chi connectivity index (χ3v) is 5.08. The fraction of sp³-hybridized carbons (Fsp3) is 0.444. The molecule has 0 aliphatic carbocycles. The highest BCUT2D eigenvalue weighted by Gasteiger charge is 2.51. The summed E-state index contributed by atoms with van der Waals surface area (Å²) in [6.45, 7) is 3.24. The van der Waals surface area contributed by atoms with Gasteiger partial charge in [-0.15, -0.1) is 0 Å². The van der Waals surface area contributed by atoms with E-state index in [1.165, 1.54) is 30.5 Å². The Hall–Kier alpha value is -2.56. The van der Waals surface area contributed by atoms with Crippen molar-refractivity contribution in [2.24, 2.45) is 0 Å². The van der Waals surface area contributed by atoms with Crippen LogP contribution in [0.5, 0.6) is 0 Å². The van der Waals surface area contributed by atoms with Crippen LogP contribution in [0.4, 0.5) is 0 Å². The number of ether oxygens (including phenoxy) is 4. The molecule has 0 saturated carbocycles. The van der Waals surface area contributed by atoms with Gasteiger partial charge in [-0.05, 0) is 12.1 Å². The van der Waals surface area contributed by atoms with Crippen LogP contribution in [0.2, 0.25) is 10.0 Å². The molecule has 0 unspecified atom stereocenters. The quantitative estimate of drug-likeness (QED) is 0.529. The smallest absolute Gasteiger partial charge is 0.328 e. The average Bonchev–Trinajstić information content (AvgIpc) is 3.10. The molecule has 0 bridgehead atoms. The minimum atomic E-state index is -1.20. The van der Waals surface area contributed by atoms with Gasteiger partial charge in [0, 0.05) is 20.8 Å². The van der Waals surface area contributed by atoms with Gasteiger partial charge in [0.2, 0.25) is 0 Å². The summed E-state index contributed by atoms with van der Waals surface area (Å²) in [6.07, 6.45) is -4.52. The van der Waals surface area contributed by atoms with E-state index in [0.717, 1.165) is 6.92 Å². The molecule has 0 spiro atoms. The molecular formula is C18H18Cl2N2O8. The lowest BCUT2D eigenvalue weighted by Gasteiger charge is -2.23. The second-order valence-corrected chi connectivity index (χ2v) is 7.41. The standard InChI is InChI=1S/C18H18Cl2N2O8/c1-7(23)27-6-14-15(28-8(2)24)16(29-9(3)25)17(30-14)22-13-5-11(20)10(19)4-12(13)21-18(22)26/h4-5,14-17H,6H2,1-3H3,(H,21,26)/t14-,15-,16-,17-/m1/s1. The molecule has 0 radical (unpaired) electrons. The fourth-order valence-corrected chi connectivity index (χ4v) is 3.60. The average molecular weight is 461 g/mol. The van der Waals surface area contributed by atoms with Crippen LogP contribution in [0.3, 0.4) is 0 Å². The van der Waals surface area contributed by atoms with Crippen molar-refractivity contribution < 1.29 is 33.3 Å². The van der Waals surface area contributed by atoms with E-state index < -0.39 is 48.1 Å². The molecule has 1 aromatic heterocycles. The fourth-order valence-electron chi connectivity index (χ4n) is 3.27. The van der Waals surface area contributed by atoms with Crippen LogP contribution in [0.15, 0.2) is 16.9 Å². The van der Waals surface area contributed by atoms with E-state index in [0.29, 0.717) is 11.0 Å². The number of hydrogen-bond donors (Lipinski definition) is 1. The minimum absolute atomic E-state index is 0.187. The molecule has 1 saturated heterocycles. The molecule has 162 valence electrons. The number of carbonyl (C=O) groups excluding carboxylic acids is 3. The van der Waals surface area contributed by atoms with Crippen molar-refractivity contribution in [2.75, 3.05) is 6.61 Å². The molecule has 2 aromatic rings. The predicted molar refractivity (Wildman–Crippen MR) is 104 cm³/mol. The number of nitrogens with zero attached hydrogens (tertiary/aromatic N) is 1. The van der Waals surface area contributed by atoms with Crippen LogP contribution in [0.1, 0.15) is 27.0 Å². The van der Waals surface area contributed by atoms with Crippen molar-refractivity contribution in [1.82, 2.24) is 9.55 Å². The molecule has 1 aliphatic rings. The SMILES string of the molecule is CC(=O)OC[C@H]1O[C@@H](n2c(=O)[nH]c3cc(Cl)c(Cl)cc32)[C@H](OC(C)=O)[C@@H]1OC(C)=O. The maximum Gasteiger partial charge on any atom is 0.328 e. The van der Waals surface area contributed by atoms with Gasteiger partial charge in [0.1, 0.15) is 12.7 Å². The van der Waals surface area contributed by atoms with Gasteiger partial charge in [-0.3, -0.25) is 19.0 Å². The van der Waals surface area contributed by atoms with Gasteiger partial charge in [-0.1, -0.05) is 23.2 Å². The van der Waals surface area contributed by atoms with Gasteiger partial charge in [0.25, 0.3) is 0 Å². The monoisotopic (exact) mass is 460 g/mol. The second kappa shape index (κ2) is 8.66. The summed E-state index contributed by atoms with van der Waals surface area (Å²) in [5.74, 6) is -1.94. The summed E-state index contributed by atoms with van der Waals surface area (Å²) in [7, 11) is 0. The first kappa shape index (κ1) is 22.1. The zero-order valence-electron chi connectivity index (χ0n) is 16.1. The maximum absolute atomic E-state index is 12.7. The number of aromatic amines is 1. The van der Waals surface area contributed by atoms with Gasteiger partial charge in [-0.25, -0.2) is 4.79 Å². The Morgan fingerprint density at radius 2 is 1.63 bits per heavy atom. The van der Waals surface area contributed by atoms with Crippen LogP contribution in [0, 0.1) is 0 Å². The van der Waals surface area contributed by atoms with Gasteiger partial charge >= 0.3 is 23.6 Å². The Labute approximate surface area is 179 Å². The molecule has 0 amide bonds. The first-order valence-electron chi connectivity index (χ1n) is 8.81. The van der Waals surface area contributed by atoms with E-state index in [9.17, 15) is 19.2 Å². The number of rotatable bonds is 5. The highest BCUT2D eigenvalue weighted by Crippen LogP contribution is 2.36. The number of aromatic nitrogens is 2. The van der Waals surface area contributed by atoms with Gasteiger partial charge in [-0.2, -0.15) is 0 Å². The number of esters is 3. The normalized spacial score (nSPS) is 23.4. The number of nitrogens with one attached hydrogen (secondary N) is 1. The second-order valence-electron chi connectivity index (χ2n) is 6.60. The number of benzene rings is 1. The van der Waals surface area contributed by atoms with Crippen molar-refractivity contribution in [3.8, 4) is 0 Å². The summed E-state index contributed by atoms with van der Waals surface area (Å²) in [4.78, 5) is 49.9. The van der Waals surface area contributed by atoms with Crippen molar-refractivity contribution >= 4 is 52.1 Å². The van der Waals surface area contributed by atoms with Crippen molar-refractivity contribution in [3.63, 3.8) is 0 Å². The Bertz CT molecular complexity index is 1060. The third-order valence-electron chi connectivity index (χ3n) is 4.35. The topological polar surface area (TPSA) is 126 Å². The molecule has 1 aliphatic heterocycles. The summed E-state index contributed by atoms with van der Waals surface area (Å²) in [6, 6.07) is 2.92. The van der Waals surface area contributed by atoms with Crippen LogP contribution in [-0.4, -0.2) is 52.4 Å². The zero-order valence-corrected chi connectivity index (χ0v) is 17.7. The molecular weight excluding hydrogens is 443 g/mol. The Kier molecular flexibility index (Phi) is 6.39. The predicted octanol–water partition coefficient (Wildman–Crippen LogP) is 1.96. The molecule has 1 N–H and O–H groups in total. The van der Waals surface area contributed by atoms with Crippen molar-refractivity contribution in [3.05, 3.63) is 32.7 Å². The largest absolute Gasteiger partial charge is 0.463 e. The zero-order chi connectivity index (χ0) is 22.2. The summed E-state index contributed by atoms with van der Waals surface area (Å²) in [5.41, 5.74) is 0.0958. The van der Waals surface area contributed by atoms with E-state index in [4.69, 9.17) is 42.1 Å². The Balaban J connectivity index is 2.10. The first-order chi connectivity index (χ1) is 14.1. The highest BCUT2D eigenvalue weighted by molar-refractivity contribution is 6.42. The highest BCUT2D eigenvalue weighted by atomic mass is 35.5. The molecule has 12 heteroatoms. The number of fused-ring (bicyclic) bond motifs is 1. The lowest BCUT2D eigenvalue weighted by Crippen LogP contribution is -2.41. The molecule has 30 heavy (non-hydrogen) atoms. The van der Waals surface area contributed by atoms with Gasteiger partial charge in [0.05, 0.1) is 21.1 Å². The van der Waals surface area contributed by atoms with Crippen LogP contribution >= 0.6 is 23.2 Å². The van der Waals surface area contributed by atoms with Crippen molar-refractivity contribution in [2.45, 2.75) is 45.3 Å². The number of carbonyl (C=O) groups is 3. The lowest BCUT2D eigenvalue weighted by molar-refractivity contribution is -0.166. The lowest BCUT2D eigenvalue weighted by atomic mass is 10.1. The summed E-state index contributed by atoms with van der Waals surface area (Å²) in [5, 5.41) is 0.416. The maximum atomic E-state index is 12.7. The number of hydrogen-bond acceptors (Lipinski definition) is 8. The minimum Gasteiger partial charge on any atom is -0.463 e. The summed E-state index contributed by atoms with van der Waals surface area (Å²) < 4.78 is 22.7. The molecule has 3 rings (SSSR count). The van der Waals surface area contributed by atoms with E-state index in [1.54, 1.807) is 0 Å². The number of halogens is 2. The first-order valence-corrected chi connectivity index (χ1v) is 9.56. The van der Waals surface area contributed by atoms with Gasteiger partial charge < -0.3 is 23.9 Å². The van der Waals surface area contributed by atoms with Gasteiger partial charge in [0.15, 0.2) is 18.4 Å². The molecule has 4 atom stereocenters. The van der Waals surface area contributed by atoms with E-state index in [-0.39, 0.29) is 16.7 Å². The number of imidazole rings is 1. The molecule has 1 fully saturated rings. The van der Waals surface area contributed by atoms with Crippen LogP contribution < -0.4 is 5.69 Å². The van der Waals surface area contributed by atoms with E-state index in [1.807, 2.05) is 0 Å². The molecule has 2 heterocycles. The Morgan fingerprint density at radius 3 is 2.23 bits per heavy atom. The van der Waals surface area contributed by atoms with Crippen LogP contribution in [0.25, 0.3) is 11.0 Å². The third kappa shape index (κ3) is 4.45. The molecule has 10 nitrogen and oxygen atoms in total.